The van der Waals surface area contributed by atoms with Gasteiger partial charge in [0.2, 0.25) is 0 Å². The Morgan fingerprint density at radius 1 is 1.00 bits per heavy atom. The van der Waals surface area contributed by atoms with Gasteiger partial charge in [-0.3, -0.25) is 0 Å². The third-order valence-corrected chi connectivity index (χ3v) is 5.52. The molecule has 2 aromatic carbocycles. The number of methoxy groups -OCH3 is 1. The number of rotatable bonds is 4. The van der Waals surface area contributed by atoms with E-state index in [1.165, 1.54) is 4.88 Å². The summed E-state index contributed by atoms with van der Waals surface area (Å²) in [6.07, 6.45) is 2.16. The van der Waals surface area contributed by atoms with Crippen LogP contribution < -0.4 is 15.4 Å². The third-order valence-electron chi connectivity index (χ3n) is 4.61. The van der Waals surface area contributed by atoms with Gasteiger partial charge in [-0.1, -0.05) is 30.3 Å². The fourth-order valence-corrected chi connectivity index (χ4v) is 4.07. The third kappa shape index (κ3) is 3.19. The number of para-hydroxylation sites is 2. The largest absolute Gasteiger partial charge is 0.507 e. The molecule has 2 atom stereocenters. The maximum absolute atomic E-state index is 10.3. The molecule has 132 valence electrons. The highest BCUT2D eigenvalue weighted by molar-refractivity contribution is 7.11. The number of aromatic hydroxyl groups is 1. The maximum atomic E-state index is 10.3. The number of quaternary nitrogens is 1. The molecule has 5 heteroatoms. The average Bonchev–Trinajstić information content (AvgIpc) is 3.23. The SMILES string of the molecule is COc1ccccc1C1NC(c2cccs2)=CC(c2ccccc2O)[NH2+]1. The van der Waals surface area contributed by atoms with E-state index in [2.05, 4.69) is 34.2 Å². The molecule has 0 aliphatic carbocycles. The van der Waals surface area contributed by atoms with E-state index in [-0.39, 0.29) is 12.2 Å². The number of hydrogen-bond donors (Lipinski definition) is 3. The van der Waals surface area contributed by atoms with Gasteiger partial charge in [0.15, 0.2) is 6.17 Å². The van der Waals surface area contributed by atoms with Crippen LogP contribution in [0.5, 0.6) is 11.5 Å². The van der Waals surface area contributed by atoms with Crippen LogP contribution in [0.4, 0.5) is 0 Å². The molecule has 4 nitrogen and oxygen atoms in total. The van der Waals surface area contributed by atoms with Crippen molar-refractivity contribution in [2.75, 3.05) is 7.11 Å². The summed E-state index contributed by atoms with van der Waals surface area (Å²) < 4.78 is 5.56. The number of hydrogen-bond acceptors (Lipinski definition) is 4. The zero-order valence-electron chi connectivity index (χ0n) is 14.4. The van der Waals surface area contributed by atoms with E-state index in [4.69, 9.17) is 4.74 Å². The average molecular weight is 365 g/mol. The lowest BCUT2D eigenvalue weighted by Crippen LogP contribution is -2.89. The van der Waals surface area contributed by atoms with Gasteiger partial charge in [-0.05, 0) is 35.7 Å². The van der Waals surface area contributed by atoms with E-state index < -0.39 is 0 Å². The molecule has 26 heavy (non-hydrogen) atoms. The minimum Gasteiger partial charge on any atom is -0.507 e. The van der Waals surface area contributed by atoms with Crippen LogP contribution in [0, 0.1) is 0 Å². The van der Waals surface area contributed by atoms with Crippen LogP contribution in [0.25, 0.3) is 5.70 Å². The molecule has 3 aromatic rings. The van der Waals surface area contributed by atoms with Gasteiger partial charge in [0.25, 0.3) is 0 Å². The van der Waals surface area contributed by atoms with E-state index in [1.54, 1.807) is 24.5 Å². The molecule has 0 amide bonds. The molecule has 0 fully saturated rings. The molecule has 1 aliphatic rings. The molecule has 2 unspecified atom stereocenters. The van der Waals surface area contributed by atoms with Gasteiger partial charge >= 0.3 is 0 Å². The van der Waals surface area contributed by atoms with E-state index in [0.717, 1.165) is 22.6 Å². The monoisotopic (exact) mass is 365 g/mol. The van der Waals surface area contributed by atoms with Crippen molar-refractivity contribution in [2.24, 2.45) is 0 Å². The molecule has 0 saturated carbocycles. The summed E-state index contributed by atoms with van der Waals surface area (Å²) in [5, 5.41) is 18.3. The van der Waals surface area contributed by atoms with Crippen LogP contribution in [-0.2, 0) is 0 Å². The zero-order chi connectivity index (χ0) is 17.9. The number of benzene rings is 2. The first-order chi connectivity index (χ1) is 12.8. The van der Waals surface area contributed by atoms with Crippen LogP contribution in [0.15, 0.2) is 72.1 Å². The molecule has 2 heterocycles. The number of phenolic OH excluding ortho intramolecular Hbond substituents is 1. The Balaban J connectivity index is 1.77. The second-order valence-electron chi connectivity index (χ2n) is 6.20. The number of thiophene rings is 1. The topological polar surface area (TPSA) is 58.1 Å². The Hall–Kier alpha value is -2.76. The molecule has 1 aromatic heterocycles. The van der Waals surface area contributed by atoms with Gasteiger partial charge in [-0.15, -0.1) is 11.3 Å². The van der Waals surface area contributed by atoms with Gasteiger partial charge < -0.3 is 20.5 Å². The lowest BCUT2D eigenvalue weighted by molar-refractivity contribution is -0.731. The fourth-order valence-electron chi connectivity index (χ4n) is 3.36. The minimum absolute atomic E-state index is 0.00413. The lowest BCUT2D eigenvalue weighted by Gasteiger charge is -2.30. The summed E-state index contributed by atoms with van der Waals surface area (Å²) in [5.74, 6) is 1.17. The van der Waals surface area contributed by atoms with Crippen molar-refractivity contribution in [1.82, 2.24) is 5.32 Å². The highest BCUT2D eigenvalue weighted by Crippen LogP contribution is 2.32. The Morgan fingerprint density at radius 2 is 1.77 bits per heavy atom. The molecule has 0 saturated heterocycles. The Morgan fingerprint density at radius 3 is 2.50 bits per heavy atom. The summed E-state index contributed by atoms with van der Waals surface area (Å²) in [5.41, 5.74) is 3.06. The van der Waals surface area contributed by atoms with Crippen molar-refractivity contribution in [3.05, 3.63) is 88.1 Å². The van der Waals surface area contributed by atoms with E-state index in [1.807, 2.05) is 42.5 Å². The van der Waals surface area contributed by atoms with Crippen LogP contribution >= 0.6 is 11.3 Å². The highest BCUT2D eigenvalue weighted by Gasteiger charge is 2.31. The van der Waals surface area contributed by atoms with Gasteiger partial charge in [-0.25, -0.2) is 0 Å². The highest BCUT2D eigenvalue weighted by atomic mass is 32.1. The number of nitrogens with two attached hydrogens (primary N) is 1. The quantitative estimate of drug-likeness (QED) is 0.664. The molecular weight excluding hydrogens is 344 g/mol. The summed E-state index contributed by atoms with van der Waals surface area (Å²) >= 11 is 1.70. The summed E-state index contributed by atoms with van der Waals surface area (Å²) in [7, 11) is 1.69. The van der Waals surface area contributed by atoms with Gasteiger partial charge in [0.05, 0.1) is 28.8 Å². The van der Waals surface area contributed by atoms with Crippen molar-refractivity contribution in [3.63, 3.8) is 0 Å². The van der Waals surface area contributed by atoms with Crippen molar-refractivity contribution in [1.29, 1.82) is 0 Å². The van der Waals surface area contributed by atoms with E-state index in [0.29, 0.717) is 5.75 Å². The van der Waals surface area contributed by atoms with Crippen molar-refractivity contribution >= 4 is 17.0 Å². The fraction of sp³-hybridized carbons (Fsp3) is 0.143. The van der Waals surface area contributed by atoms with Crippen LogP contribution in [-0.4, -0.2) is 12.2 Å². The molecule has 4 N–H and O–H groups in total. The van der Waals surface area contributed by atoms with E-state index in [9.17, 15) is 5.11 Å². The maximum Gasteiger partial charge on any atom is 0.190 e. The number of ether oxygens (including phenoxy) is 1. The standard InChI is InChI=1S/C21H20N2O2S/c1-25-19-10-5-3-8-15(19)21-22-16(14-7-2-4-9-18(14)24)13-17(23-21)20-11-6-12-26-20/h2-13,16,21-24H,1H3/p+1. The van der Waals surface area contributed by atoms with Crippen LogP contribution in [0.3, 0.4) is 0 Å². The molecule has 0 radical (unpaired) electrons. The van der Waals surface area contributed by atoms with Crippen molar-refractivity contribution < 1.29 is 15.2 Å². The second-order valence-corrected chi connectivity index (χ2v) is 7.15. The second kappa shape index (κ2) is 7.23. The molecule has 1 aliphatic heterocycles. The van der Waals surface area contributed by atoms with Crippen molar-refractivity contribution in [2.45, 2.75) is 12.2 Å². The summed E-state index contributed by atoms with van der Waals surface area (Å²) in [6, 6.07) is 19.7. The minimum atomic E-state index is -0.0159. The predicted molar refractivity (Wildman–Crippen MR) is 104 cm³/mol. The first-order valence-electron chi connectivity index (χ1n) is 8.54. The molecule has 0 spiro atoms. The Labute approximate surface area is 156 Å². The lowest BCUT2D eigenvalue weighted by atomic mass is 9.99. The smallest absolute Gasteiger partial charge is 0.190 e. The van der Waals surface area contributed by atoms with E-state index >= 15 is 0 Å². The molecule has 4 rings (SSSR count). The van der Waals surface area contributed by atoms with Crippen molar-refractivity contribution in [3.8, 4) is 11.5 Å². The van der Waals surface area contributed by atoms with Gasteiger partial charge in [0.1, 0.15) is 17.5 Å². The Bertz CT molecular complexity index is 921. The normalized spacial score (nSPS) is 19.5. The van der Waals surface area contributed by atoms with Crippen LogP contribution in [0.2, 0.25) is 0 Å². The number of nitrogens with one attached hydrogen (secondary N) is 1. The Kier molecular flexibility index (Phi) is 4.65. The van der Waals surface area contributed by atoms with Gasteiger partial charge in [0, 0.05) is 6.08 Å². The zero-order valence-corrected chi connectivity index (χ0v) is 15.2. The first kappa shape index (κ1) is 16.7. The predicted octanol–water partition coefficient (Wildman–Crippen LogP) is 3.41. The van der Waals surface area contributed by atoms with Gasteiger partial charge in [-0.2, -0.15) is 0 Å². The van der Waals surface area contributed by atoms with Crippen LogP contribution in [0.1, 0.15) is 28.2 Å². The molecule has 0 bridgehead atoms. The summed E-state index contributed by atoms with van der Waals surface area (Å²) in [6.45, 7) is 0. The first-order valence-corrected chi connectivity index (χ1v) is 9.42. The number of phenols is 1. The summed E-state index contributed by atoms with van der Waals surface area (Å²) in [4.78, 5) is 1.18. The molecular formula is C21H21N2O2S+.